The van der Waals surface area contributed by atoms with Crippen LogP contribution < -0.4 is 5.32 Å². The molecule has 1 amide bonds. The number of amides is 1. The molecule has 0 aliphatic rings. The summed E-state index contributed by atoms with van der Waals surface area (Å²) in [6.07, 6.45) is 0. The van der Waals surface area contributed by atoms with Gasteiger partial charge in [0.15, 0.2) is 0 Å². The van der Waals surface area contributed by atoms with E-state index in [0.29, 0.717) is 17.1 Å². The number of carbonyl (C=O) groups is 1. The Morgan fingerprint density at radius 2 is 2.09 bits per heavy atom. The number of rotatable bonds is 4. The molecule has 1 aromatic carbocycles. The summed E-state index contributed by atoms with van der Waals surface area (Å²) in [4.78, 5) is 22.5. The van der Waals surface area contributed by atoms with Crippen LogP contribution in [0.25, 0.3) is 0 Å². The van der Waals surface area contributed by atoms with Gasteiger partial charge >= 0.3 is 5.69 Å². The van der Waals surface area contributed by atoms with Crippen LogP contribution >= 0.6 is 31.9 Å². The van der Waals surface area contributed by atoms with Crippen molar-refractivity contribution in [2.45, 2.75) is 20.4 Å². The van der Waals surface area contributed by atoms with Gasteiger partial charge in [0.2, 0.25) is 5.91 Å². The number of nitrogens with zero attached hydrogens (tertiary/aromatic N) is 3. The highest BCUT2D eigenvalue weighted by Crippen LogP contribution is 2.26. The number of anilines is 1. The Hall–Kier alpha value is -1.74. The van der Waals surface area contributed by atoms with Gasteiger partial charge in [-0.1, -0.05) is 15.9 Å². The Kier molecular flexibility index (Phi) is 4.97. The highest BCUT2D eigenvalue weighted by atomic mass is 79.9. The molecule has 1 N–H and O–H groups in total. The normalized spacial score (nSPS) is 10.5. The van der Waals surface area contributed by atoms with E-state index in [9.17, 15) is 14.9 Å². The molecule has 2 rings (SSSR count). The lowest BCUT2D eigenvalue weighted by atomic mass is 10.3. The van der Waals surface area contributed by atoms with Gasteiger partial charge in [0.25, 0.3) is 0 Å². The van der Waals surface area contributed by atoms with Gasteiger partial charge in [-0.15, -0.1) is 0 Å². The lowest BCUT2D eigenvalue weighted by Gasteiger charge is -2.08. The number of aromatic nitrogens is 2. The van der Waals surface area contributed by atoms with E-state index >= 15 is 0 Å². The van der Waals surface area contributed by atoms with E-state index < -0.39 is 4.92 Å². The number of carbonyl (C=O) groups excluding carboxylic acids is 1. The molecule has 0 unspecified atom stereocenters. The van der Waals surface area contributed by atoms with E-state index in [1.54, 1.807) is 26.0 Å². The third-order valence-electron chi connectivity index (χ3n) is 3.02. The number of hydrogen-bond acceptors (Lipinski definition) is 4. The molecule has 9 heteroatoms. The summed E-state index contributed by atoms with van der Waals surface area (Å²) in [5, 5.41) is 17.7. The van der Waals surface area contributed by atoms with Crippen LogP contribution in [0, 0.1) is 24.0 Å². The largest absolute Gasteiger partial charge is 0.323 e. The fourth-order valence-corrected chi connectivity index (χ4v) is 3.17. The number of aryl methyl sites for hydroxylation is 1. The van der Waals surface area contributed by atoms with Crippen molar-refractivity contribution >= 4 is 49.1 Å². The highest BCUT2D eigenvalue weighted by molar-refractivity contribution is 9.11. The lowest BCUT2D eigenvalue weighted by Crippen LogP contribution is -2.20. The minimum Gasteiger partial charge on any atom is -0.323 e. The third kappa shape index (κ3) is 3.53. The Balaban J connectivity index is 2.16. The summed E-state index contributed by atoms with van der Waals surface area (Å²) in [7, 11) is 0. The van der Waals surface area contributed by atoms with E-state index in [1.807, 2.05) is 6.07 Å². The Morgan fingerprint density at radius 3 is 2.64 bits per heavy atom. The first kappa shape index (κ1) is 16.6. The maximum atomic E-state index is 12.1. The van der Waals surface area contributed by atoms with Crippen LogP contribution in [0.1, 0.15) is 11.4 Å². The van der Waals surface area contributed by atoms with Crippen molar-refractivity contribution in [2.75, 3.05) is 5.32 Å². The summed E-state index contributed by atoms with van der Waals surface area (Å²) in [5.74, 6) is -0.316. The van der Waals surface area contributed by atoms with Crippen molar-refractivity contribution in [3.8, 4) is 0 Å². The Bertz CT molecular complexity index is 758. The van der Waals surface area contributed by atoms with Crippen molar-refractivity contribution in [3.05, 3.63) is 48.6 Å². The fraction of sp³-hybridized carbons (Fsp3) is 0.231. The van der Waals surface area contributed by atoms with Crippen LogP contribution in [0.5, 0.6) is 0 Å². The monoisotopic (exact) mass is 430 g/mol. The molecule has 2 aromatic rings. The van der Waals surface area contributed by atoms with Gasteiger partial charge in [-0.2, -0.15) is 5.10 Å². The summed E-state index contributed by atoms with van der Waals surface area (Å²) in [6.45, 7) is 3.02. The second-order valence-corrected chi connectivity index (χ2v) is 6.38. The van der Waals surface area contributed by atoms with Crippen LogP contribution in [0.2, 0.25) is 0 Å². The molecule has 1 aromatic heterocycles. The molecule has 0 fully saturated rings. The smallest absolute Gasteiger partial charge is 0.312 e. The molecule has 0 atom stereocenters. The van der Waals surface area contributed by atoms with E-state index in [4.69, 9.17) is 0 Å². The van der Waals surface area contributed by atoms with Crippen LogP contribution in [-0.4, -0.2) is 20.6 Å². The molecular formula is C13H12Br2N4O3. The quantitative estimate of drug-likeness (QED) is 0.591. The molecule has 0 aliphatic heterocycles. The minimum absolute atomic E-state index is 0.0578. The lowest BCUT2D eigenvalue weighted by molar-refractivity contribution is -0.386. The van der Waals surface area contributed by atoms with Crippen molar-refractivity contribution in [2.24, 2.45) is 0 Å². The van der Waals surface area contributed by atoms with Gasteiger partial charge in [0.05, 0.1) is 10.6 Å². The summed E-state index contributed by atoms with van der Waals surface area (Å²) < 4.78 is 2.94. The highest BCUT2D eigenvalue weighted by Gasteiger charge is 2.22. The number of benzene rings is 1. The molecule has 0 saturated heterocycles. The van der Waals surface area contributed by atoms with Crippen LogP contribution in [0.3, 0.4) is 0 Å². The Labute approximate surface area is 143 Å². The van der Waals surface area contributed by atoms with Gasteiger partial charge in [0.1, 0.15) is 17.9 Å². The van der Waals surface area contributed by atoms with Gasteiger partial charge in [-0.05, 0) is 48.0 Å². The maximum absolute atomic E-state index is 12.1. The molecule has 0 radical (unpaired) electrons. The first-order valence-electron chi connectivity index (χ1n) is 6.23. The summed E-state index contributed by atoms with van der Waals surface area (Å²) in [5.41, 5.74) is 1.20. The van der Waals surface area contributed by atoms with Crippen molar-refractivity contribution < 1.29 is 9.72 Å². The van der Waals surface area contributed by atoms with Gasteiger partial charge in [0, 0.05) is 8.95 Å². The van der Waals surface area contributed by atoms with Gasteiger partial charge in [-0.25, -0.2) is 0 Å². The minimum atomic E-state index is -0.489. The van der Waals surface area contributed by atoms with Gasteiger partial charge in [-0.3, -0.25) is 19.6 Å². The van der Waals surface area contributed by atoms with Crippen molar-refractivity contribution in [1.82, 2.24) is 9.78 Å². The average Bonchev–Trinajstić information content (AvgIpc) is 2.67. The first-order chi connectivity index (χ1) is 10.3. The molecule has 1 heterocycles. The van der Waals surface area contributed by atoms with Crippen molar-refractivity contribution in [1.29, 1.82) is 0 Å². The number of hydrogen-bond donors (Lipinski definition) is 1. The molecule has 22 heavy (non-hydrogen) atoms. The molecule has 0 bridgehead atoms. The first-order valence-corrected chi connectivity index (χ1v) is 7.81. The molecule has 0 saturated carbocycles. The number of nitrogens with one attached hydrogen (secondary N) is 1. The van der Waals surface area contributed by atoms with E-state index in [-0.39, 0.29) is 18.1 Å². The van der Waals surface area contributed by atoms with E-state index in [1.165, 1.54) is 4.68 Å². The predicted octanol–water partition coefficient (Wildman–Crippen LogP) is 3.57. The summed E-state index contributed by atoms with van der Waals surface area (Å²) >= 11 is 6.68. The van der Waals surface area contributed by atoms with Gasteiger partial charge < -0.3 is 5.32 Å². The topological polar surface area (TPSA) is 90.1 Å². The standard InChI is InChI=1S/C13H12Br2N4O3/c1-7-13(19(21)22)8(2)18(17-7)6-12(20)16-11-4-3-9(14)5-10(11)15/h3-5H,6H2,1-2H3,(H,16,20). The zero-order valence-corrected chi connectivity index (χ0v) is 14.9. The van der Waals surface area contributed by atoms with E-state index in [2.05, 4.69) is 42.3 Å². The predicted molar refractivity (Wildman–Crippen MR) is 88.8 cm³/mol. The summed E-state index contributed by atoms with van der Waals surface area (Å²) in [6, 6.07) is 5.36. The van der Waals surface area contributed by atoms with Crippen LogP contribution in [0.15, 0.2) is 27.1 Å². The zero-order chi connectivity index (χ0) is 16.4. The third-order valence-corrected chi connectivity index (χ3v) is 4.17. The van der Waals surface area contributed by atoms with Crippen LogP contribution in [0.4, 0.5) is 11.4 Å². The van der Waals surface area contributed by atoms with Crippen molar-refractivity contribution in [3.63, 3.8) is 0 Å². The molecule has 0 aliphatic carbocycles. The molecular weight excluding hydrogens is 420 g/mol. The SMILES string of the molecule is Cc1nn(CC(=O)Nc2ccc(Br)cc2Br)c(C)c1[N+](=O)[O-]. The fourth-order valence-electron chi connectivity index (χ4n) is 2.02. The second kappa shape index (κ2) is 6.57. The number of halogens is 2. The van der Waals surface area contributed by atoms with E-state index in [0.717, 1.165) is 8.95 Å². The second-order valence-electron chi connectivity index (χ2n) is 4.61. The molecule has 0 spiro atoms. The van der Waals surface area contributed by atoms with Crippen LogP contribution in [-0.2, 0) is 11.3 Å². The molecule has 7 nitrogen and oxygen atoms in total. The molecule has 116 valence electrons. The zero-order valence-electron chi connectivity index (χ0n) is 11.8. The maximum Gasteiger partial charge on any atom is 0.312 e. The Morgan fingerprint density at radius 1 is 1.41 bits per heavy atom. The average molecular weight is 432 g/mol. The number of nitro groups is 1.